The maximum absolute atomic E-state index is 12.5. The zero-order valence-electron chi connectivity index (χ0n) is 14.5. The summed E-state index contributed by atoms with van der Waals surface area (Å²) in [5.41, 5.74) is 9.10. The Morgan fingerprint density at radius 1 is 1.21 bits per heavy atom. The summed E-state index contributed by atoms with van der Waals surface area (Å²) in [5.74, 6) is 0.397. The van der Waals surface area contributed by atoms with E-state index in [0.29, 0.717) is 12.5 Å². The molecule has 24 heavy (non-hydrogen) atoms. The monoisotopic (exact) mass is 329 g/mol. The molecular weight excluding hydrogens is 302 g/mol. The minimum absolute atomic E-state index is 0.121. The number of aryl methyl sites for hydroxylation is 2. The van der Waals surface area contributed by atoms with Crippen molar-refractivity contribution in [3.8, 4) is 0 Å². The van der Waals surface area contributed by atoms with Crippen LogP contribution in [0.4, 0.5) is 0 Å². The molecule has 2 aliphatic rings. The Morgan fingerprint density at radius 3 is 2.54 bits per heavy atom. The Morgan fingerprint density at radius 2 is 1.92 bits per heavy atom. The fourth-order valence-electron chi connectivity index (χ4n) is 3.61. The number of carbonyl (C=O) groups excluding carboxylic acids is 2. The highest BCUT2D eigenvalue weighted by molar-refractivity contribution is 5.83. The van der Waals surface area contributed by atoms with Crippen LogP contribution in [0, 0.1) is 19.8 Å². The van der Waals surface area contributed by atoms with Gasteiger partial charge in [-0.15, -0.1) is 0 Å². The van der Waals surface area contributed by atoms with Gasteiger partial charge in [0, 0.05) is 25.0 Å². The first-order valence-corrected chi connectivity index (χ1v) is 8.82. The van der Waals surface area contributed by atoms with E-state index in [0.717, 1.165) is 32.4 Å². The molecule has 0 aromatic heterocycles. The van der Waals surface area contributed by atoms with Crippen molar-refractivity contribution in [2.75, 3.05) is 19.6 Å². The first-order chi connectivity index (χ1) is 11.4. The number of amides is 2. The van der Waals surface area contributed by atoms with Crippen LogP contribution in [0.3, 0.4) is 0 Å². The molecule has 1 saturated heterocycles. The molecule has 1 aliphatic heterocycles. The Bertz CT molecular complexity index is 635. The zero-order valence-corrected chi connectivity index (χ0v) is 14.5. The third kappa shape index (κ3) is 3.96. The Kier molecular flexibility index (Phi) is 4.90. The van der Waals surface area contributed by atoms with E-state index in [4.69, 9.17) is 5.73 Å². The first-order valence-electron chi connectivity index (χ1n) is 8.82. The molecule has 3 N–H and O–H groups in total. The number of nitrogens with zero attached hydrogens (tertiary/aromatic N) is 1. The molecular formula is C19H27N3O2. The van der Waals surface area contributed by atoms with Gasteiger partial charge in [0.2, 0.25) is 11.8 Å². The standard InChI is InChI=1S/C19H27N3O2/c1-12-3-4-14(9-13(12)2)16-10-17(16)19(24)21-15-5-7-22(8-6-15)11-18(20)23/h3-4,9,15-17H,5-8,10-11H2,1-2H3,(H2,20,23)(H,21,24)/t16-,17+/m0/s1. The summed E-state index contributed by atoms with van der Waals surface area (Å²) in [6.45, 7) is 6.19. The van der Waals surface area contributed by atoms with Gasteiger partial charge in [0.1, 0.15) is 0 Å². The largest absolute Gasteiger partial charge is 0.369 e. The molecule has 1 saturated carbocycles. The van der Waals surface area contributed by atoms with Gasteiger partial charge < -0.3 is 11.1 Å². The highest BCUT2D eigenvalue weighted by Gasteiger charge is 2.44. The molecule has 5 nitrogen and oxygen atoms in total. The number of primary amides is 1. The predicted octanol–water partition coefficient (Wildman–Crippen LogP) is 1.47. The Hall–Kier alpha value is -1.88. The lowest BCUT2D eigenvalue weighted by Crippen LogP contribution is -2.47. The van der Waals surface area contributed by atoms with Crippen LogP contribution in [0.5, 0.6) is 0 Å². The number of likely N-dealkylation sites (tertiary alicyclic amines) is 1. The molecule has 1 heterocycles. The van der Waals surface area contributed by atoms with Crippen molar-refractivity contribution in [1.82, 2.24) is 10.2 Å². The van der Waals surface area contributed by atoms with Gasteiger partial charge in [-0.1, -0.05) is 18.2 Å². The van der Waals surface area contributed by atoms with Gasteiger partial charge in [0.05, 0.1) is 6.54 Å². The predicted molar refractivity (Wildman–Crippen MR) is 93.6 cm³/mol. The second-order valence-electron chi connectivity index (χ2n) is 7.32. The number of piperidine rings is 1. The van der Waals surface area contributed by atoms with Crippen LogP contribution in [-0.2, 0) is 9.59 Å². The fraction of sp³-hybridized carbons (Fsp3) is 0.579. The SMILES string of the molecule is Cc1ccc([C@@H]2C[C@H]2C(=O)NC2CCN(CC(N)=O)CC2)cc1C. The maximum Gasteiger partial charge on any atom is 0.231 e. The van der Waals surface area contributed by atoms with Gasteiger partial charge in [0.25, 0.3) is 0 Å². The van der Waals surface area contributed by atoms with E-state index in [2.05, 4.69) is 42.3 Å². The molecule has 0 radical (unpaired) electrons. The average Bonchev–Trinajstić information content (AvgIpc) is 3.32. The number of nitrogens with two attached hydrogens (primary N) is 1. The molecule has 0 spiro atoms. The number of benzene rings is 1. The van der Waals surface area contributed by atoms with Gasteiger partial charge in [-0.2, -0.15) is 0 Å². The summed E-state index contributed by atoms with van der Waals surface area (Å²) < 4.78 is 0. The summed E-state index contributed by atoms with van der Waals surface area (Å²) in [4.78, 5) is 25.5. The highest BCUT2D eigenvalue weighted by atomic mass is 16.2. The normalized spacial score (nSPS) is 24.6. The highest BCUT2D eigenvalue weighted by Crippen LogP contribution is 2.48. The van der Waals surface area contributed by atoms with Crippen molar-refractivity contribution < 1.29 is 9.59 Å². The Balaban J connectivity index is 1.47. The second kappa shape index (κ2) is 6.93. The first kappa shape index (κ1) is 17.0. The fourth-order valence-corrected chi connectivity index (χ4v) is 3.61. The van der Waals surface area contributed by atoms with Crippen LogP contribution < -0.4 is 11.1 Å². The van der Waals surface area contributed by atoms with E-state index in [1.807, 2.05) is 0 Å². The molecule has 2 atom stereocenters. The van der Waals surface area contributed by atoms with Gasteiger partial charge in [-0.3, -0.25) is 14.5 Å². The van der Waals surface area contributed by atoms with Crippen molar-refractivity contribution >= 4 is 11.8 Å². The zero-order chi connectivity index (χ0) is 17.3. The molecule has 2 amide bonds. The lowest BCUT2D eigenvalue weighted by molar-refractivity contribution is -0.124. The second-order valence-corrected chi connectivity index (χ2v) is 7.32. The van der Waals surface area contributed by atoms with E-state index >= 15 is 0 Å². The van der Waals surface area contributed by atoms with E-state index in [-0.39, 0.29) is 23.8 Å². The third-order valence-corrected chi connectivity index (χ3v) is 5.40. The van der Waals surface area contributed by atoms with E-state index in [1.165, 1.54) is 16.7 Å². The minimum Gasteiger partial charge on any atom is -0.369 e. The molecule has 1 aromatic rings. The van der Waals surface area contributed by atoms with Crippen molar-refractivity contribution in [3.05, 3.63) is 34.9 Å². The lowest BCUT2D eigenvalue weighted by Gasteiger charge is -2.31. The quantitative estimate of drug-likeness (QED) is 0.859. The Labute approximate surface area is 143 Å². The lowest BCUT2D eigenvalue weighted by atomic mass is 10.0. The van der Waals surface area contributed by atoms with Crippen molar-refractivity contribution in [2.45, 2.75) is 45.1 Å². The minimum atomic E-state index is -0.285. The van der Waals surface area contributed by atoms with Crippen LogP contribution in [0.1, 0.15) is 41.9 Å². The maximum atomic E-state index is 12.5. The summed E-state index contributed by atoms with van der Waals surface area (Å²) >= 11 is 0. The molecule has 1 aliphatic carbocycles. The topological polar surface area (TPSA) is 75.4 Å². The van der Waals surface area contributed by atoms with Gasteiger partial charge >= 0.3 is 0 Å². The summed E-state index contributed by atoms with van der Waals surface area (Å²) in [5, 5.41) is 3.20. The van der Waals surface area contributed by atoms with Gasteiger partial charge in [-0.25, -0.2) is 0 Å². The molecule has 3 rings (SSSR count). The van der Waals surface area contributed by atoms with Crippen LogP contribution in [0.2, 0.25) is 0 Å². The van der Waals surface area contributed by atoms with Crippen molar-refractivity contribution in [3.63, 3.8) is 0 Å². The van der Waals surface area contributed by atoms with Crippen LogP contribution in [-0.4, -0.2) is 42.4 Å². The molecule has 1 aromatic carbocycles. The average molecular weight is 329 g/mol. The summed E-state index contributed by atoms with van der Waals surface area (Å²) in [7, 11) is 0. The molecule has 2 fully saturated rings. The van der Waals surface area contributed by atoms with E-state index < -0.39 is 0 Å². The molecule has 5 heteroatoms. The van der Waals surface area contributed by atoms with Crippen LogP contribution in [0.15, 0.2) is 18.2 Å². The van der Waals surface area contributed by atoms with Crippen LogP contribution in [0.25, 0.3) is 0 Å². The summed E-state index contributed by atoms with van der Waals surface area (Å²) in [6, 6.07) is 6.74. The van der Waals surface area contributed by atoms with Gasteiger partial charge in [-0.05, 0) is 55.7 Å². The molecule has 130 valence electrons. The van der Waals surface area contributed by atoms with E-state index in [1.54, 1.807) is 0 Å². The number of nitrogens with one attached hydrogen (secondary N) is 1. The number of hydrogen-bond acceptors (Lipinski definition) is 3. The molecule has 0 unspecified atom stereocenters. The number of hydrogen-bond donors (Lipinski definition) is 2. The van der Waals surface area contributed by atoms with Crippen LogP contribution >= 0.6 is 0 Å². The third-order valence-electron chi connectivity index (χ3n) is 5.40. The smallest absolute Gasteiger partial charge is 0.231 e. The van der Waals surface area contributed by atoms with Crippen molar-refractivity contribution in [2.24, 2.45) is 11.7 Å². The van der Waals surface area contributed by atoms with Crippen molar-refractivity contribution in [1.29, 1.82) is 0 Å². The number of rotatable bonds is 5. The molecule has 0 bridgehead atoms. The van der Waals surface area contributed by atoms with Gasteiger partial charge in [0.15, 0.2) is 0 Å². The van der Waals surface area contributed by atoms with E-state index in [9.17, 15) is 9.59 Å². The number of carbonyl (C=O) groups is 2. The summed E-state index contributed by atoms with van der Waals surface area (Å²) in [6.07, 6.45) is 2.73.